The highest BCUT2D eigenvalue weighted by Crippen LogP contribution is 2.25. The van der Waals surface area contributed by atoms with E-state index in [0.717, 1.165) is 13.2 Å². The Hall–Kier alpha value is -1.68. The molecule has 0 saturated carbocycles. The van der Waals surface area contributed by atoms with Crippen molar-refractivity contribution in [2.24, 2.45) is 0 Å². The fourth-order valence-electron chi connectivity index (χ4n) is 1.33. The predicted octanol–water partition coefficient (Wildman–Crippen LogP) is 0.852. The van der Waals surface area contributed by atoms with Gasteiger partial charge in [0.15, 0.2) is 6.61 Å². The van der Waals surface area contributed by atoms with Gasteiger partial charge in [-0.2, -0.15) is 0 Å². The molecule has 0 aliphatic carbocycles. The lowest BCUT2D eigenvalue weighted by Crippen LogP contribution is -2.26. The van der Waals surface area contributed by atoms with Crippen LogP contribution in [-0.4, -0.2) is 52.7 Å². The second-order valence-electron chi connectivity index (χ2n) is 3.89. The Labute approximate surface area is 132 Å². The molecule has 0 aliphatic rings. The van der Waals surface area contributed by atoms with E-state index in [9.17, 15) is 18.0 Å². The van der Waals surface area contributed by atoms with Crippen molar-refractivity contribution in [3.63, 3.8) is 0 Å². The summed E-state index contributed by atoms with van der Waals surface area (Å²) in [4.78, 5) is 27.0. The summed E-state index contributed by atoms with van der Waals surface area (Å²) in [6.07, 6.45) is 0. The minimum atomic E-state index is -4.03. The second-order valence-corrected chi connectivity index (χ2v) is 6.21. The van der Waals surface area contributed by atoms with Crippen molar-refractivity contribution in [3.8, 4) is 0 Å². The van der Waals surface area contributed by atoms with Crippen LogP contribution in [0.5, 0.6) is 0 Å². The number of methoxy groups -OCH3 is 1. The van der Waals surface area contributed by atoms with Crippen molar-refractivity contribution >= 4 is 33.6 Å². The maximum Gasteiger partial charge on any atom is 0.344 e. The summed E-state index contributed by atoms with van der Waals surface area (Å²) in [5.41, 5.74) is -0.0867. The Balaban J connectivity index is 3.10. The molecule has 0 aromatic heterocycles. The number of hydrogen-bond donors (Lipinski definition) is 0. The number of benzene rings is 1. The van der Waals surface area contributed by atoms with E-state index in [2.05, 4.69) is 14.3 Å². The molecule has 0 fully saturated rings. The van der Waals surface area contributed by atoms with Crippen LogP contribution in [0.25, 0.3) is 0 Å². The Bertz CT molecular complexity index is 674. The summed E-state index contributed by atoms with van der Waals surface area (Å²) in [6, 6.07) is 3.53. The molecule has 0 radical (unpaired) electrons. The Morgan fingerprint density at radius 1 is 1.27 bits per heavy atom. The van der Waals surface area contributed by atoms with Gasteiger partial charge in [0.2, 0.25) is 0 Å². The van der Waals surface area contributed by atoms with E-state index in [0.29, 0.717) is 4.47 Å². The van der Waals surface area contributed by atoms with Crippen molar-refractivity contribution in [2.75, 3.05) is 27.9 Å². The first-order valence-corrected chi connectivity index (χ1v) is 7.62. The molecule has 0 atom stereocenters. The second kappa shape index (κ2) is 7.54. The van der Waals surface area contributed by atoms with E-state index in [-0.39, 0.29) is 15.5 Å². The third-order valence-corrected chi connectivity index (χ3v) is 4.75. The van der Waals surface area contributed by atoms with Gasteiger partial charge in [0.25, 0.3) is 10.0 Å². The topological polar surface area (TPSA) is 99.2 Å². The molecule has 10 heteroatoms. The van der Waals surface area contributed by atoms with Crippen molar-refractivity contribution < 1.29 is 32.3 Å². The van der Waals surface area contributed by atoms with Crippen LogP contribution in [0, 0.1) is 0 Å². The van der Waals surface area contributed by atoms with Gasteiger partial charge in [-0.1, -0.05) is 16.1 Å². The molecule has 1 rings (SSSR count). The maximum absolute atomic E-state index is 12.2. The molecule has 0 aliphatic heterocycles. The number of nitrogens with zero attached hydrogens (tertiary/aromatic N) is 1. The number of carbonyl (C=O) groups excluding carboxylic acids is 2. The van der Waals surface area contributed by atoms with Crippen molar-refractivity contribution in [1.82, 2.24) is 4.47 Å². The lowest BCUT2D eigenvalue weighted by Gasteiger charge is -2.15. The third-order valence-electron chi connectivity index (χ3n) is 2.59. The number of sulfonamides is 1. The number of rotatable bonds is 6. The molecule has 0 N–H and O–H groups in total. The Morgan fingerprint density at radius 2 is 1.91 bits per heavy atom. The minimum absolute atomic E-state index is 0.0867. The highest BCUT2D eigenvalue weighted by Gasteiger charge is 2.25. The van der Waals surface area contributed by atoms with E-state index < -0.39 is 28.6 Å². The van der Waals surface area contributed by atoms with Crippen molar-refractivity contribution in [3.05, 3.63) is 28.8 Å². The summed E-state index contributed by atoms with van der Waals surface area (Å²) < 4.78 is 33.9. The van der Waals surface area contributed by atoms with Crippen LogP contribution in [0.15, 0.2) is 23.1 Å². The van der Waals surface area contributed by atoms with Gasteiger partial charge in [-0.25, -0.2) is 18.0 Å². The van der Waals surface area contributed by atoms with Crippen LogP contribution in [0.1, 0.15) is 10.4 Å². The van der Waals surface area contributed by atoms with Crippen LogP contribution in [0.2, 0.25) is 5.02 Å². The zero-order valence-corrected chi connectivity index (χ0v) is 13.6. The molecule has 0 heterocycles. The Morgan fingerprint density at radius 3 is 2.45 bits per heavy atom. The first-order valence-electron chi connectivity index (χ1n) is 5.80. The molecule has 8 nitrogen and oxygen atoms in total. The van der Waals surface area contributed by atoms with Crippen LogP contribution in [0.3, 0.4) is 0 Å². The van der Waals surface area contributed by atoms with Crippen LogP contribution >= 0.6 is 11.6 Å². The van der Waals surface area contributed by atoms with Gasteiger partial charge in [-0.05, 0) is 18.2 Å². The van der Waals surface area contributed by atoms with Gasteiger partial charge in [-0.15, -0.1) is 0 Å². The number of ether oxygens (including phenoxy) is 2. The standard InChI is InChI=1S/C12H14ClNO7S/c1-14(20-3)22(17,18)10-6-8(4-5-9(10)13)12(16)21-7-11(15)19-2/h4-6H,7H2,1-3H3. The van der Waals surface area contributed by atoms with E-state index in [1.54, 1.807) is 0 Å². The van der Waals surface area contributed by atoms with E-state index in [4.69, 9.17) is 11.6 Å². The van der Waals surface area contributed by atoms with E-state index in [1.165, 1.54) is 26.3 Å². The summed E-state index contributed by atoms with van der Waals surface area (Å²) in [6.45, 7) is -0.585. The predicted molar refractivity (Wildman–Crippen MR) is 75.7 cm³/mol. The molecular formula is C12H14ClNO7S. The molecule has 122 valence electrons. The van der Waals surface area contributed by atoms with E-state index >= 15 is 0 Å². The summed E-state index contributed by atoms with van der Waals surface area (Å²) in [5, 5.41) is -0.0894. The molecule has 1 aromatic carbocycles. The van der Waals surface area contributed by atoms with Crippen LogP contribution in [-0.2, 0) is 29.1 Å². The molecule has 0 saturated heterocycles. The summed E-state index contributed by atoms with van der Waals surface area (Å²) in [7, 11) is -0.548. The molecule has 22 heavy (non-hydrogen) atoms. The zero-order chi connectivity index (χ0) is 16.9. The van der Waals surface area contributed by atoms with E-state index in [1.807, 2.05) is 0 Å². The molecule has 0 unspecified atom stereocenters. The quantitative estimate of drug-likeness (QED) is 0.553. The highest BCUT2D eigenvalue weighted by atomic mass is 35.5. The largest absolute Gasteiger partial charge is 0.466 e. The number of hydrogen-bond acceptors (Lipinski definition) is 7. The van der Waals surface area contributed by atoms with Gasteiger partial charge in [0.1, 0.15) is 4.90 Å². The molecule has 0 spiro atoms. The lowest BCUT2D eigenvalue weighted by atomic mass is 10.2. The molecule has 0 bridgehead atoms. The fourth-order valence-corrected chi connectivity index (χ4v) is 2.81. The summed E-state index contributed by atoms with van der Waals surface area (Å²) in [5.74, 6) is -1.63. The minimum Gasteiger partial charge on any atom is -0.466 e. The fraction of sp³-hybridized carbons (Fsp3) is 0.333. The SMILES string of the molecule is COC(=O)COC(=O)c1ccc(Cl)c(S(=O)(=O)N(C)OC)c1. The molecule has 1 aromatic rings. The van der Waals surface area contributed by atoms with Crippen molar-refractivity contribution in [2.45, 2.75) is 4.90 Å². The van der Waals surface area contributed by atoms with Crippen LogP contribution in [0.4, 0.5) is 0 Å². The van der Waals surface area contributed by atoms with Gasteiger partial charge in [0, 0.05) is 7.05 Å². The Kier molecular flexibility index (Phi) is 6.30. The smallest absolute Gasteiger partial charge is 0.344 e. The number of hydroxylamine groups is 1. The lowest BCUT2D eigenvalue weighted by molar-refractivity contribution is -0.144. The first kappa shape index (κ1) is 18.4. The van der Waals surface area contributed by atoms with Gasteiger partial charge >= 0.3 is 11.9 Å². The monoisotopic (exact) mass is 351 g/mol. The maximum atomic E-state index is 12.2. The van der Waals surface area contributed by atoms with Gasteiger partial charge in [-0.3, -0.25) is 4.84 Å². The molecule has 0 amide bonds. The number of carbonyl (C=O) groups is 2. The van der Waals surface area contributed by atoms with Gasteiger partial charge in [0.05, 0.1) is 24.8 Å². The van der Waals surface area contributed by atoms with Gasteiger partial charge < -0.3 is 9.47 Å². The number of esters is 2. The summed E-state index contributed by atoms with van der Waals surface area (Å²) >= 11 is 5.85. The van der Waals surface area contributed by atoms with Crippen LogP contribution < -0.4 is 0 Å². The average molecular weight is 352 g/mol. The van der Waals surface area contributed by atoms with Crippen molar-refractivity contribution in [1.29, 1.82) is 0 Å². The highest BCUT2D eigenvalue weighted by molar-refractivity contribution is 7.89. The third kappa shape index (κ3) is 4.17. The zero-order valence-electron chi connectivity index (χ0n) is 12.0. The first-order chi connectivity index (χ1) is 10.2. The molecular weight excluding hydrogens is 338 g/mol. The average Bonchev–Trinajstić information content (AvgIpc) is 2.51. The number of halogens is 1. The normalized spacial score (nSPS) is 11.3.